The number of nitrogens with one attached hydrogen (secondary N) is 1. The predicted molar refractivity (Wildman–Crippen MR) is 83.6 cm³/mol. The van der Waals surface area contributed by atoms with Crippen molar-refractivity contribution < 1.29 is 18.3 Å². The fraction of sp³-hybridized carbons (Fsp3) is 0.467. The first-order chi connectivity index (χ1) is 11.1. The number of benzene rings is 1. The van der Waals surface area contributed by atoms with Crippen LogP contribution in [-0.4, -0.2) is 40.5 Å². The molecule has 1 saturated heterocycles. The van der Waals surface area contributed by atoms with Gasteiger partial charge in [-0.1, -0.05) is 12.1 Å². The number of imidazole rings is 1. The van der Waals surface area contributed by atoms with Crippen LogP contribution in [0.25, 0.3) is 11.0 Å². The van der Waals surface area contributed by atoms with Gasteiger partial charge in [-0.05, 0) is 36.7 Å². The van der Waals surface area contributed by atoms with Crippen LogP contribution in [0.1, 0.15) is 12.8 Å². The van der Waals surface area contributed by atoms with Gasteiger partial charge in [-0.2, -0.15) is 8.78 Å². The lowest BCUT2D eigenvalue weighted by molar-refractivity contribution is -0.122. The summed E-state index contributed by atoms with van der Waals surface area (Å²) in [4.78, 5) is 16.3. The molecule has 0 saturated carbocycles. The van der Waals surface area contributed by atoms with Gasteiger partial charge in [0.25, 0.3) is 5.76 Å². The number of nitrogens with zero attached hydrogens (tertiary/aromatic N) is 2. The van der Waals surface area contributed by atoms with E-state index in [9.17, 15) is 13.6 Å². The molecule has 1 aliphatic heterocycles. The van der Waals surface area contributed by atoms with Crippen LogP contribution in [0.15, 0.2) is 29.4 Å². The summed E-state index contributed by atoms with van der Waals surface area (Å²) >= 11 is 0.350. The number of halogens is 2. The van der Waals surface area contributed by atoms with Gasteiger partial charge in [0, 0.05) is 13.2 Å². The van der Waals surface area contributed by atoms with Gasteiger partial charge in [-0.3, -0.25) is 4.79 Å². The first-order valence-corrected chi connectivity index (χ1v) is 8.30. The van der Waals surface area contributed by atoms with Crippen molar-refractivity contribution in [3.05, 3.63) is 24.3 Å². The van der Waals surface area contributed by atoms with Crippen molar-refractivity contribution >= 4 is 28.7 Å². The second-order valence-electron chi connectivity index (χ2n) is 5.29. The van der Waals surface area contributed by atoms with Gasteiger partial charge in [0.1, 0.15) is 6.54 Å². The molecule has 0 radical (unpaired) electrons. The second-order valence-corrected chi connectivity index (χ2v) is 6.24. The Hall–Kier alpha value is -1.67. The number of para-hydroxylation sites is 2. The zero-order valence-electron chi connectivity index (χ0n) is 12.4. The van der Waals surface area contributed by atoms with E-state index in [0.717, 1.165) is 19.4 Å². The average Bonchev–Trinajstić information content (AvgIpc) is 3.14. The Morgan fingerprint density at radius 1 is 1.48 bits per heavy atom. The highest BCUT2D eigenvalue weighted by Gasteiger charge is 2.19. The van der Waals surface area contributed by atoms with Gasteiger partial charge in [0.15, 0.2) is 5.16 Å². The Morgan fingerprint density at radius 2 is 2.30 bits per heavy atom. The average molecular weight is 341 g/mol. The fourth-order valence-corrected chi connectivity index (χ4v) is 3.21. The Balaban J connectivity index is 1.73. The molecule has 23 heavy (non-hydrogen) atoms. The van der Waals surface area contributed by atoms with E-state index in [2.05, 4.69) is 10.3 Å². The number of aromatic nitrogens is 2. The topological polar surface area (TPSA) is 56.2 Å². The Kier molecular flexibility index (Phi) is 5.12. The number of carbonyl (C=O) groups excluding carboxylic acids is 1. The van der Waals surface area contributed by atoms with E-state index in [0.29, 0.717) is 29.3 Å². The van der Waals surface area contributed by atoms with Crippen LogP contribution >= 0.6 is 11.8 Å². The predicted octanol–water partition coefficient (Wildman–Crippen LogP) is 2.65. The molecule has 1 fully saturated rings. The fourth-order valence-electron chi connectivity index (χ4n) is 2.61. The summed E-state index contributed by atoms with van der Waals surface area (Å²) in [6.45, 7) is 1.13. The van der Waals surface area contributed by atoms with Gasteiger partial charge < -0.3 is 14.6 Å². The summed E-state index contributed by atoms with van der Waals surface area (Å²) < 4.78 is 32.4. The monoisotopic (exact) mass is 341 g/mol. The van der Waals surface area contributed by atoms with Crippen LogP contribution in [0.3, 0.4) is 0 Å². The van der Waals surface area contributed by atoms with E-state index in [4.69, 9.17) is 4.74 Å². The largest absolute Gasteiger partial charge is 0.376 e. The van der Waals surface area contributed by atoms with Gasteiger partial charge >= 0.3 is 0 Å². The molecule has 0 aliphatic carbocycles. The molecule has 124 valence electrons. The number of carbonyl (C=O) groups is 1. The minimum atomic E-state index is -2.58. The lowest BCUT2D eigenvalue weighted by Crippen LogP contribution is -2.34. The number of hydrogen-bond acceptors (Lipinski definition) is 4. The highest BCUT2D eigenvalue weighted by molar-refractivity contribution is 7.99. The number of rotatable bonds is 6. The lowest BCUT2D eigenvalue weighted by Gasteiger charge is -2.12. The van der Waals surface area contributed by atoms with Crippen LogP contribution in [0.2, 0.25) is 0 Å². The summed E-state index contributed by atoms with van der Waals surface area (Å²) in [7, 11) is 0. The lowest BCUT2D eigenvalue weighted by atomic mass is 10.2. The van der Waals surface area contributed by atoms with E-state index in [1.807, 2.05) is 0 Å². The first-order valence-electron chi connectivity index (χ1n) is 7.42. The third-order valence-electron chi connectivity index (χ3n) is 3.67. The van der Waals surface area contributed by atoms with Crippen LogP contribution in [-0.2, 0) is 16.1 Å². The number of fused-ring (bicyclic) bond motifs is 1. The van der Waals surface area contributed by atoms with E-state index in [1.165, 1.54) is 4.57 Å². The number of thioether (sulfide) groups is 1. The molecule has 8 heteroatoms. The van der Waals surface area contributed by atoms with Crippen molar-refractivity contribution in [2.75, 3.05) is 13.2 Å². The van der Waals surface area contributed by atoms with Gasteiger partial charge in [-0.25, -0.2) is 4.98 Å². The summed E-state index contributed by atoms with van der Waals surface area (Å²) in [5.74, 6) is -2.82. The van der Waals surface area contributed by atoms with Crippen molar-refractivity contribution in [2.45, 2.75) is 36.4 Å². The molecular formula is C15H17F2N3O2S. The Bertz CT molecular complexity index is 686. The number of ether oxygens (including phenoxy) is 1. The zero-order chi connectivity index (χ0) is 16.2. The maximum Gasteiger partial charge on any atom is 0.291 e. The van der Waals surface area contributed by atoms with Crippen molar-refractivity contribution in [1.29, 1.82) is 0 Å². The van der Waals surface area contributed by atoms with Gasteiger partial charge in [-0.15, -0.1) is 0 Å². The smallest absolute Gasteiger partial charge is 0.291 e. The van der Waals surface area contributed by atoms with E-state index in [-0.39, 0.29) is 23.7 Å². The van der Waals surface area contributed by atoms with E-state index >= 15 is 0 Å². The number of hydrogen-bond donors (Lipinski definition) is 1. The van der Waals surface area contributed by atoms with Gasteiger partial charge in [0.05, 0.1) is 17.1 Å². The highest BCUT2D eigenvalue weighted by atomic mass is 32.2. The highest BCUT2D eigenvalue weighted by Crippen LogP contribution is 2.28. The minimum Gasteiger partial charge on any atom is -0.376 e. The van der Waals surface area contributed by atoms with Crippen LogP contribution in [0.5, 0.6) is 0 Å². The molecule has 1 aliphatic rings. The molecule has 1 N–H and O–H groups in total. The molecule has 1 aromatic carbocycles. The molecule has 3 rings (SSSR count). The number of alkyl halides is 2. The molecule has 1 atom stereocenters. The summed E-state index contributed by atoms with van der Waals surface area (Å²) in [5, 5.41) is 2.95. The van der Waals surface area contributed by atoms with Crippen LogP contribution in [0.4, 0.5) is 8.78 Å². The molecule has 5 nitrogen and oxygen atoms in total. The summed E-state index contributed by atoms with van der Waals surface area (Å²) in [6, 6.07) is 7.09. The molecule has 1 amide bonds. The minimum absolute atomic E-state index is 0.0394. The Labute approximate surface area is 136 Å². The molecule has 2 aromatic rings. The van der Waals surface area contributed by atoms with Crippen molar-refractivity contribution in [1.82, 2.24) is 14.9 Å². The van der Waals surface area contributed by atoms with E-state index < -0.39 is 5.76 Å². The maximum absolute atomic E-state index is 12.7. The van der Waals surface area contributed by atoms with Crippen molar-refractivity contribution in [3.8, 4) is 0 Å². The molecule has 0 spiro atoms. The molecular weight excluding hydrogens is 324 g/mol. The van der Waals surface area contributed by atoms with Gasteiger partial charge in [0.2, 0.25) is 5.91 Å². The van der Waals surface area contributed by atoms with Crippen molar-refractivity contribution in [2.24, 2.45) is 0 Å². The quantitative estimate of drug-likeness (QED) is 0.821. The SMILES string of the molecule is O=C(Cn1c(SC(F)F)nc2ccccc21)NCC1CCCO1. The third-order valence-corrected chi connectivity index (χ3v) is 4.37. The van der Waals surface area contributed by atoms with Crippen LogP contribution < -0.4 is 5.32 Å². The molecule has 1 aromatic heterocycles. The maximum atomic E-state index is 12.7. The molecule has 1 unspecified atom stereocenters. The third kappa shape index (κ3) is 4.00. The summed E-state index contributed by atoms with van der Waals surface area (Å²) in [6.07, 6.45) is 1.98. The standard InChI is InChI=1S/C15H17F2N3O2S/c16-14(17)23-15-19-11-5-1-2-6-12(11)20(15)9-13(21)18-8-10-4-3-7-22-10/h1-2,5-6,10,14H,3-4,7-9H2,(H,18,21). The zero-order valence-corrected chi connectivity index (χ0v) is 13.2. The van der Waals surface area contributed by atoms with E-state index in [1.54, 1.807) is 24.3 Å². The van der Waals surface area contributed by atoms with Crippen LogP contribution in [0, 0.1) is 0 Å². The number of amides is 1. The second kappa shape index (κ2) is 7.27. The first kappa shape index (κ1) is 16.2. The molecule has 0 bridgehead atoms. The van der Waals surface area contributed by atoms with Crippen molar-refractivity contribution in [3.63, 3.8) is 0 Å². The molecule has 2 heterocycles. The Morgan fingerprint density at radius 3 is 3.04 bits per heavy atom. The summed E-state index contributed by atoms with van der Waals surface area (Å²) in [5.41, 5.74) is 1.27. The normalized spacial score (nSPS) is 18.0.